The van der Waals surface area contributed by atoms with E-state index < -0.39 is 11.6 Å². The van der Waals surface area contributed by atoms with Gasteiger partial charge in [-0.15, -0.1) is 0 Å². The van der Waals surface area contributed by atoms with Crippen molar-refractivity contribution in [1.82, 2.24) is 0 Å². The zero-order valence-corrected chi connectivity index (χ0v) is 18.4. The Kier molecular flexibility index (Phi) is 8.58. The van der Waals surface area contributed by atoms with Gasteiger partial charge in [-0.25, -0.2) is 8.78 Å². The first-order chi connectivity index (χ1) is 14.1. The van der Waals surface area contributed by atoms with Crippen molar-refractivity contribution in [3.05, 3.63) is 34.9 Å². The van der Waals surface area contributed by atoms with Crippen molar-refractivity contribution in [2.24, 2.45) is 17.8 Å². The lowest BCUT2D eigenvalue weighted by Gasteiger charge is -2.28. The molecule has 0 spiro atoms. The Hall–Kier alpha value is -1.36. The maximum absolute atomic E-state index is 14.7. The molecule has 0 radical (unpaired) electrons. The number of rotatable bonds is 6. The molecule has 0 N–H and O–H groups in total. The zero-order chi connectivity index (χ0) is 20.6. The fourth-order valence-corrected chi connectivity index (χ4v) is 5.40. The minimum Gasteiger partial charge on any atom is -0.206 e. The summed E-state index contributed by atoms with van der Waals surface area (Å²) in [5.41, 5.74) is 0.804. The average molecular weight is 401 g/mol. The molecule has 0 unspecified atom stereocenters. The molecule has 0 bridgehead atoms. The molecule has 1 aromatic carbocycles. The quantitative estimate of drug-likeness (QED) is 0.421. The van der Waals surface area contributed by atoms with Gasteiger partial charge in [0.15, 0.2) is 0 Å². The maximum atomic E-state index is 14.7. The van der Waals surface area contributed by atoms with Crippen LogP contribution in [-0.4, -0.2) is 0 Å². The van der Waals surface area contributed by atoms with Gasteiger partial charge in [0.2, 0.25) is 0 Å². The Balaban J connectivity index is 1.59. The minimum atomic E-state index is -0.472. The number of hydrogen-bond acceptors (Lipinski definition) is 0. The Bertz CT molecular complexity index is 672. The Labute approximate surface area is 176 Å². The smallest absolute Gasteiger partial charge is 0.142 e. The van der Waals surface area contributed by atoms with Crippen LogP contribution in [0, 0.1) is 41.2 Å². The fraction of sp³-hybridized carbons (Fsp3) is 0.704. The van der Waals surface area contributed by atoms with Gasteiger partial charge in [0, 0.05) is 5.92 Å². The van der Waals surface area contributed by atoms with E-state index in [0.717, 1.165) is 43.1 Å². The summed E-state index contributed by atoms with van der Waals surface area (Å²) in [6, 6.07) is 3.11. The molecule has 0 saturated heterocycles. The van der Waals surface area contributed by atoms with E-state index in [1.165, 1.54) is 57.8 Å². The van der Waals surface area contributed by atoms with Crippen LogP contribution in [0.2, 0.25) is 0 Å². The molecule has 2 aliphatic carbocycles. The van der Waals surface area contributed by atoms with E-state index in [9.17, 15) is 8.78 Å². The predicted molar refractivity (Wildman–Crippen MR) is 118 cm³/mol. The van der Waals surface area contributed by atoms with Crippen LogP contribution in [0.4, 0.5) is 8.78 Å². The highest BCUT2D eigenvalue weighted by atomic mass is 19.1. The van der Waals surface area contributed by atoms with Crippen LogP contribution in [0.25, 0.3) is 0 Å². The molecule has 160 valence electrons. The molecule has 2 heteroatoms. The van der Waals surface area contributed by atoms with Gasteiger partial charge in [0.1, 0.15) is 11.6 Å². The molecule has 0 atom stereocenters. The third-order valence-electron chi connectivity index (χ3n) is 7.29. The second kappa shape index (κ2) is 11.1. The van der Waals surface area contributed by atoms with Crippen LogP contribution in [-0.2, 0) is 0 Å². The Morgan fingerprint density at radius 2 is 1.38 bits per heavy atom. The molecule has 0 aromatic heterocycles. The average Bonchev–Trinajstić information content (AvgIpc) is 2.73. The standard InChI is InChI=1S/C27H38F2/c1-3-5-7-21-8-10-22(11-9-21)14-17-25-26(28)18-24(19-27(25)29)23-15-12-20(6-4-2)13-16-23/h18-23H,3-13,15-16H2,1-2H3/t20-,21?,22?,23-. The van der Waals surface area contributed by atoms with Gasteiger partial charge in [-0.2, -0.15) is 0 Å². The SMILES string of the molecule is CCCCC1CCC(C#Cc2c(F)cc([C@H]3CC[C@H](CCC)CC3)cc2F)CC1. The number of hydrogen-bond donors (Lipinski definition) is 0. The topological polar surface area (TPSA) is 0 Å². The summed E-state index contributed by atoms with van der Waals surface area (Å²) in [5.74, 6) is 7.32. The molecule has 0 aliphatic heterocycles. The lowest BCUT2D eigenvalue weighted by molar-refractivity contribution is 0.296. The largest absolute Gasteiger partial charge is 0.206 e. The Morgan fingerprint density at radius 3 is 1.97 bits per heavy atom. The lowest BCUT2D eigenvalue weighted by atomic mass is 9.77. The molecule has 29 heavy (non-hydrogen) atoms. The molecule has 3 rings (SSSR count). The van der Waals surface area contributed by atoms with Crippen LogP contribution in [0.15, 0.2) is 12.1 Å². The molecular weight excluding hydrogens is 362 g/mol. The van der Waals surface area contributed by atoms with Gasteiger partial charge in [0.25, 0.3) is 0 Å². The van der Waals surface area contributed by atoms with Crippen molar-refractivity contribution in [2.75, 3.05) is 0 Å². The molecule has 2 saturated carbocycles. The summed E-state index contributed by atoms with van der Waals surface area (Å²) in [5, 5.41) is 0. The third kappa shape index (κ3) is 6.31. The molecule has 0 heterocycles. The summed E-state index contributed by atoms with van der Waals surface area (Å²) < 4.78 is 29.4. The molecule has 1 aromatic rings. The second-order valence-electron chi connectivity index (χ2n) is 9.50. The summed E-state index contributed by atoms with van der Waals surface area (Å²) in [4.78, 5) is 0. The maximum Gasteiger partial charge on any atom is 0.142 e. The van der Waals surface area contributed by atoms with E-state index in [2.05, 4.69) is 25.7 Å². The second-order valence-corrected chi connectivity index (χ2v) is 9.50. The normalized spacial score (nSPS) is 27.3. The van der Waals surface area contributed by atoms with Crippen LogP contribution < -0.4 is 0 Å². The van der Waals surface area contributed by atoms with Gasteiger partial charge in [-0.1, -0.05) is 57.8 Å². The van der Waals surface area contributed by atoms with Gasteiger partial charge in [0.05, 0.1) is 5.56 Å². The van der Waals surface area contributed by atoms with Gasteiger partial charge < -0.3 is 0 Å². The highest BCUT2D eigenvalue weighted by Crippen LogP contribution is 2.38. The predicted octanol–water partition coefficient (Wildman–Crippen LogP) is 8.39. The first-order valence-corrected chi connectivity index (χ1v) is 12.1. The van der Waals surface area contributed by atoms with E-state index >= 15 is 0 Å². The molecule has 0 amide bonds. The van der Waals surface area contributed by atoms with Crippen molar-refractivity contribution < 1.29 is 8.78 Å². The van der Waals surface area contributed by atoms with Crippen molar-refractivity contribution in [2.45, 2.75) is 103 Å². The van der Waals surface area contributed by atoms with Crippen molar-refractivity contribution in [3.63, 3.8) is 0 Å². The molecule has 2 fully saturated rings. The highest BCUT2D eigenvalue weighted by molar-refractivity contribution is 5.40. The minimum absolute atomic E-state index is 0.0264. The van der Waals surface area contributed by atoms with Crippen molar-refractivity contribution in [1.29, 1.82) is 0 Å². The first-order valence-electron chi connectivity index (χ1n) is 12.1. The van der Waals surface area contributed by atoms with Crippen molar-refractivity contribution in [3.8, 4) is 11.8 Å². The third-order valence-corrected chi connectivity index (χ3v) is 7.29. The lowest BCUT2D eigenvalue weighted by Crippen LogP contribution is -2.14. The van der Waals surface area contributed by atoms with Crippen LogP contribution in [0.5, 0.6) is 0 Å². The number of benzene rings is 1. The molecular formula is C27H38F2. The summed E-state index contributed by atoms with van der Waals surface area (Å²) in [7, 11) is 0. The van der Waals surface area contributed by atoms with E-state index in [1.807, 2.05) is 0 Å². The van der Waals surface area contributed by atoms with E-state index in [0.29, 0.717) is 11.8 Å². The van der Waals surface area contributed by atoms with Crippen LogP contribution in [0.3, 0.4) is 0 Å². The van der Waals surface area contributed by atoms with E-state index in [-0.39, 0.29) is 5.56 Å². The summed E-state index contributed by atoms with van der Waals surface area (Å²) >= 11 is 0. The van der Waals surface area contributed by atoms with Gasteiger partial charge in [-0.3, -0.25) is 0 Å². The number of unbranched alkanes of at least 4 members (excludes halogenated alkanes) is 1. The summed E-state index contributed by atoms with van der Waals surface area (Å²) in [6.07, 6.45) is 15.4. The molecule has 0 nitrogen and oxygen atoms in total. The van der Waals surface area contributed by atoms with Crippen LogP contribution >= 0.6 is 0 Å². The summed E-state index contributed by atoms with van der Waals surface area (Å²) in [6.45, 7) is 4.47. The Morgan fingerprint density at radius 1 is 0.793 bits per heavy atom. The van der Waals surface area contributed by atoms with E-state index in [1.54, 1.807) is 12.1 Å². The first kappa shape index (κ1) is 22.3. The molecule has 2 aliphatic rings. The highest BCUT2D eigenvalue weighted by Gasteiger charge is 2.24. The van der Waals surface area contributed by atoms with Crippen molar-refractivity contribution >= 4 is 0 Å². The number of halogens is 2. The van der Waals surface area contributed by atoms with Gasteiger partial charge >= 0.3 is 0 Å². The van der Waals surface area contributed by atoms with E-state index in [4.69, 9.17) is 0 Å². The van der Waals surface area contributed by atoms with Gasteiger partial charge in [-0.05, 0) is 86.8 Å². The monoisotopic (exact) mass is 400 g/mol. The zero-order valence-electron chi connectivity index (χ0n) is 18.4. The van der Waals surface area contributed by atoms with Crippen LogP contribution in [0.1, 0.15) is 114 Å². The fourth-order valence-electron chi connectivity index (χ4n) is 5.40.